The molecule has 4 heteroatoms. The zero-order valence-electron chi connectivity index (χ0n) is 16.6. The van der Waals surface area contributed by atoms with Crippen LogP contribution in [0.15, 0.2) is 58.4 Å². The largest absolute Gasteiger partial charge is 0.331 e. The Labute approximate surface area is 160 Å². The molecule has 0 radical (unpaired) electrons. The van der Waals surface area contributed by atoms with E-state index in [1.165, 1.54) is 16.8 Å². The van der Waals surface area contributed by atoms with Gasteiger partial charge in [-0.2, -0.15) is 0 Å². The van der Waals surface area contributed by atoms with E-state index in [-0.39, 0.29) is 0 Å². The van der Waals surface area contributed by atoms with Gasteiger partial charge in [0.15, 0.2) is 0 Å². The summed E-state index contributed by atoms with van der Waals surface area (Å²) in [4.78, 5) is 14.3. The van der Waals surface area contributed by atoms with Gasteiger partial charge in [-0.1, -0.05) is 11.1 Å². The molecule has 1 aliphatic heterocycles. The number of aliphatic imine (C=N–C) groups is 1. The van der Waals surface area contributed by atoms with Crippen LogP contribution in [0.4, 0.5) is 0 Å². The van der Waals surface area contributed by atoms with Crippen LogP contribution in [0.2, 0.25) is 0 Å². The molecule has 0 fully saturated rings. The van der Waals surface area contributed by atoms with Crippen molar-refractivity contribution in [1.82, 2.24) is 14.5 Å². The van der Waals surface area contributed by atoms with Gasteiger partial charge in [-0.15, -0.1) is 0 Å². The monoisotopic (exact) mass is 358 g/mol. The van der Waals surface area contributed by atoms with Crippen LogP contribution < -0.4 is 0 Å². The fraction of sp³-hybridized carbons (Fsp3) is 0.348. The molecule has 1 aromatic carbocycles. The van der Waals surface area contributed by atoms with Crippen molar-refractivity contribution in [3.05, 3.63) is 59.2 Å². The summed E-state index contributed by atoms with van der Waals surface area (Å²) in [6.07, 6.45) is 8.06. The molecule has 0 unspecified atom stereocenters. The van der Waals surface area contributed by atoms with E-state index in [2.05, 4.69) is 61.6 Å². The number of benzene rings is 1. The molecule has 0 saturated carbocycles. The first-order valence-corrected chi connectivity index (χ1v) is 9.63. The summed E-state index contributed by atoms with van der Waals surface area (Å²) in [5.41, 5.74) is 8.32. The van der Waals surface area contributed by atoms with E-state index in [0.717, 1.165) is 59.2 Å². The molecule has 0 atom stereocenters. The Morgan fingerprint density at radius 2 is 1.89 bits per heavy atom. The highest BCUT2D eigenvalue weighted by molar-refractivity contribution is 6.02. The van der Waals surface area contributed by atoms with Crippen molar-refractivity contribution in [2.24, 2.45) is 12.0 Å². The molecular weight excluding hydrogens is 332 g/mol. The van der Waals surface area contributed by atoms with Crippen LogP contribution >= 0.6 is 0 Å². The SMILES string of the molecule is CC1=NC(CCc2nc3c4cccnc4ccc3n2C)=C(C)CC/C(C)=C\1. The number of hydrogen-bond acceptors (Lipinski definition) is 3. The van der Waals surface area contributed by atoms with E-state index in [4.69, 9.17) is 9.98 Å². The minimum atomic E-state index is 0.888. The van der Waals surface area contributed by atoms with E-state index in [1.807, 2.05) is 12.3 Å². The highest BCUT2D eigenvalue weighted by Gasteiger charge is 2.13. The Morgan fingerprint density at radius 1 is 1.04 bits per heavy atom. The third-order valence-corrected chi connectivity index (χ3v) is 5.46. The molecular formula is C23H26N4. The highest BCUT2D eigenvalue weighted by Crippen LogP contribution is 2.26. The molecule has 0 spiro atoms. The second-order valence-electron chi connectivity index (χ2n) is 7.56. The molecule has 0 aliphatic carbocycles. The fourth-order valence-electron chi connectivity index (χ4n) is 3.88. The smallest absolute Gasteiger partial charge is 0.110 e. The normalized spacial score (nSPS) is 17.6. The van der Waals surface area contributed by atoms with E-state index < -0.39 is 0 Å². The lowest BCUT2D eigenvalue weighted by atomic mass is 10.0. The number of pyridine rings is 1. The van der Waals surface area contributed by atoms with Gasteiger partial charge in [0.2, 0.25) is 0 Å². The molecule has 0 amide bonds. The summed E-state index contributed by atoms with van der Waals surface area (Å²) in [5, 5.41) is 1.12. The zero-order valence-corrected chi connectivity index (χ0v) is 16.6. The maximum atomic E-state index is 4.96. The summed E-state index contributed by atoms with van der Waals surface area (Å²) in [6, 6.07) is 8.28. The molecule has 3 aromatic rings. The van der Waals surface area contributed by atoms with Gasteiger partial charge in [0.1, 0.15) is 5.82 Å². The van der Waals surface area contributed by atoms with Crippen LogP contribution in [0.3, 0.4) is 0 Å². The average Bonchev–Trinajstić information content (AvgIpc) is 2.98. The van der Waals surface area contributed by atoms with Crippen molar-refractivity contribution in [2.45, 2.75) is 46.5 Å². The average molecular weight is 358 g/mol. The number of imidazole rings is 1. The Kier molecular flexibility index (Phi) is 4.65. The number of aryl methyl sites for hydroxylation is 2. The minimum Gasteiger partial charge on any atom is -0.331 e. The molecule has 138 valence electrons. The number of hydrogen-bond donors (Lipinski definition) is 0. The van der Waals surface area contributed by atoms with Gasteiger partial charge in [0.05, 0.1) is 16.6 Å². The third-order valence-electron chi connectivity index (χ3n) is 5.46. The van der Waals surface area contributed by atoms with Gasteiger partial charge in [0, 0.05) is 36.5 Å². The number of allylic oxidation sites excluding steroid dienone is 4. The van der Waals surface area contributed by atoms with Gasteiger partial charge < -0.3 is 4.57 Å². The van der Waals surface area contributed by atoms with Gasteiger partial charge in [-0.3, -0.25) is 9.98 Å². The summed E-state index contributed by atoms with van der Waals surface area (Å²) < 4.78 is 2.21. The fourth-order valence-corrected chi connectivity index (χ4v) is 3.88. The van der Waals surface area contributed by atoms with Crippen molar-refractivity contribution in [1.29, 1.82) is 0 Å². The van der Waals surface area contributed by atoms with Crippen LogP contribution in [-0.2, 0) is 13.5 Å². The van der Waals surface area contributed by atoms with Crippen molar-refractivity contribution >= 4 is 27.6 Å². The van der Waals surface area contributed by atoms with Crippen LogP contribution in [0, 0.1) is 0 Å². The summed E-state index contributed by atoms with van der Waals surface area (Å²) in [6.45, 7) is 6.50. The van der Waals surface area contributed by atoms with Crippen LogP contribution in [0.5, 0.6) is 0 Å². The van der Waals surface area contributed by atoms with E-state index in [9.17, 15) is 0 Å². The Morgan fingerprint density at radius 3 is 2.74 bits per heavy atom. The lowest BCUT2D eigenvalue weighted by Gasteiger charge is -2.13. The predicted molar refractivity (Wildman–Crippen MR) is 113 cm³/mol. The van der Waals surface area contributed by atoms with E-state index >= 15 is 0 Å². The van der Waals surface area contributed by atoms with Crippen molar-refractivity contribution in [3.8, 4) is 0 Å². The van der Waals surface area contributed by atoms with Crippen LogP contribution in [-0.4, -0.2) is 20.2 Å². The number of nitrogens with zero attached hydrogens (tertiary/aromatic N) is 4. The predicted octanol–water partition coefficient (Wildman–Crippen LogP) is 5.53. The van der Waals surface area contributed by atoms with Crippen LogP contribution in [0.1, 0.15) is 45.9 Å². The number of aromatic nitrogens is 3. The molecule has 0 bridgehead atoms. The van der Waals surface area contributed by atoms with E-state index in [0.29, 0.717) is 0 Å². The second kappa shape index (κ2) is 7.10. The van der Waals surface area contributed by atoms with Gasteiger partial charge in [-0.05, 0) is 70.4 Å². The van der Waals surface area contributed by atoms with Gasteiger partial charge in [0.25, 0.3) is 0 Å². The first-order valence-electron chi connectivity index (χ1n) is 9.63. The molecule has 3 heterocycles. The quantitative estimate of drug-likeness (QED) is 0.618. The summed E-state index contributed by atoms with van der Waals surface area (Å²) in [5.74, 6) is 1.10. The second-order valence-corrected chi connectivity index (χ2v) is 7.56. The topological polar surface area (TPSA) is 43.1 Å². The molecule has 1 aliphatic rings. The molecule has 0 N–H and O–H groups in total. The molecule has 2 aromatic heterocycles. The Balaban J connectivity index is 1.67. The lowest BCUT2D eigenvalue weighted by molar-refractivity contribution is 0.765. The summed E-state index contributed by atoms with van der Waals surface area (Å²) >= 11 is 0. The minimum absolute atomic E-state index is 0.888. The number of fused-ring (bicyclic) bond motifs is 3. The Bertz CT molecular complexity index is 1110. The molecule has 4 nitrogen and oxygen atoms in total. The van der Waals surface area contributed by atoms with Crippen LogP contribution in [0.25, 0.3) is 21.9 Å². The first-order chi connectivity index (χ1) is 13.0. The molecule has 0 saturated heterocycles. The third kappa shape index (κ3) is 3.44. The number of rotatable bonds is 3. The lowest BCUT2D eigenvalue weighted by Crippen LogP contribution is -2.02. The van der Waals surface area contributed by atoms with Gasteiger partial charge >= 0.3 is 0 Å². The highest BCUT2D eigenvalue weighted by atomic mass is 15.1. The molecule has 4 rings (SSSR count). The maximum absolute atomic E-state index is 4.96. The first kappa shape index (κ1) is 17.7. The van der Waals surface area contributed by atoms with Gasteiger partial charge in [-0.25, -0.2) is 4.98 Å². The van der Waals surface area contributed by atoms with Crippen molar-refractivity contribution in [2.75, 3.05) is 0 Å². The van der Waals surface area contributed by atoms with E-state index in [1.54, 1.807) is 0 Å². The zero-order chi connectivity index (χ0) is 19.0. The maximum Gasteiger partial charge on any atom is 0.110 e. The summed E-state index contributed by atoms with van der Waals surface area (Å²) in [7, 11) is 2.10. The Hall–Kier alpha value is -2.75. The molecule has 27 heavy (non-hydrogen) atoms. The standard InChI is InChI=1S/C23H26N4/c1-15-7-8-16(2)19(25-17(3)14-15)10-12-22-26-23-18-6-5-13-24-20(18)9-11-21(23)27(22)4/h5-6,9,11,13-14H,7-8,10,12H2,1-4H3/b15-14-,19-16?,25-17?. The van der Waals surface area contributed by atoms with Crippen molar-refractivity contribution < 1.29 is 0 Å². The van der Waals surface area contributed by atoms with Crippen molar-refractivity contribution in [3.63, 3.8) is 0 Å².